The van der Waals surface area contributed by atoms with Crippen molar-refractivity contribution in [2.75, 3.05) is 6.61 Å². The summed E-state index contributed by atoms with van der Waals surface area (Å²) in [6.07, 6.45) is 3.11. The lowest BCUT2D eigenvalue weighted by Gasteiger charge is -2.19. The summed E-state index contributed by atoms with van der Waals surface area (Å²) in [5.74, 6) is 1.58. The molecule has 0 bridgehead atoms. The van der Waals surface area contributed by atoms with Gasteiger partial charge in [-0.15, -0.1) is 11.6 Å². The molecule has 9 heavy (non-hydrogen) atoms. The average Bonchev–Trinajstić information content (AvgIpc) is 1.91. The highest BCUT2D eigenvalue weighted by atomic mass is 35.5. The van der Waals surface area contributed by atoms with Crippen LogP contribution in [0.2, 0.25) is 0 Å². The van der Waals surface area contributed by atoms with Crippen LogP contribution in [0, 0.1) is 5.88 Å². The Morgan fingerprint density at radius 1 is 1.67 bits per heavy atom. The fourth-order valence-corrected chi connectivity index (χ4v) is 1.02. The van der Waals surface area contributed by atoms with Gasteiger partial charge >= 0.3 is 0 Å². The van der Waals surface area contributed by atoms with Crippen LogP contribution in [0.4, 0.5) is 0 Å². The summed E-state index contributed by atoms with van der Waals surface area (Å²) in [6, 6.07) is 0. The molecule has 1 aliphatic heterocycles. The lowest BCUT2D eigenvalue weighted by atomic mass is 10.1. The monoisotopic (exact) mass is 149 g/mol. The maximum Gasteiger partial charge on any atom is 0.0945 e. The largest absolute Gasteiger partial charge is 0.236 e. The molecule has 1 radical (unpaired) electrons. The number of rotatable bonds is 2. The second kappa shape index (κ2) is 4.09. The average molecular weight is 150 g/mol. The van der Waals surface area contributed by atoms with Crippen LogP contribution in [-0.4, -0.2) is 12.7 Å². The van der Waals surface area contributed by atoms with Gasteiger partial charge in [0.1, 0.15) is 0 Å². The molecule has 0 aromatic heterocycles. The van der Waals surface area contributed by atoms with E-state index in [1.54, 1.807) is 5.88 Å². The van der Waals surface area contributed by atoms with Crippen LogP contribution in [0.5, 0.6) is 0 Å². The van der Waals surface area contributed by atoms with Gasteiger partial charge in [0.15, 0.2) is 0 Å². The molecular formula is C6H10ClO2. The highest BCUT2D eigenvalue weighted by molar-refractivity contribution is 6.23. The topological polar surface area (TPSA) is 18.5 Å². The van der Waals surface area contributed by atoms with Crippen molar-refractivity contribution < 1.29 is 9.78 Å². The smallest absolute Gasteiger partial charge is 0.0945 e. The van der Waals surface area contributed by atoms with Gasteiger partial charge in [0.2, 0.25) is 0 Å². The molecule has 53 valence electrons. The zero-order chi connectivity index (χ0) is 6.53. The van der Waals surface area contributed by atoms with E-state index < -0.39 is 0 Å². The molecule has 0 aromatic rings. The van der Waals surface area contributed by atoms with E-state index in [9.17, 15) is 0 Å². The highest BCUT2D eigenvalue weighted by Crippen LogP contribution is 2.15. The van der Waals surface area contributed by atoms with Gasteiger partial charge in [0.25, 0.3) is 0 Å². The van der Waals surface area contributed by atoms with Crippen LogP contribution in [0.3, 0.4) is 0 Å². The minimum atomic E-state index is 0.191. The Labute approximate surface area is 60.0 Å². The van der Waals surface area contributed by atoms with Gasteiger partial charge < -0.3 is 0 Å². The molecule has 2 nitrogen and oxygen atoms in total. The first kappa shape index (κ1) is 7.32. The molecule has 1 fully saturated rings. The van der Waals surface area contributed by atoms with E-state index in [1.807, 2.05) is 0 Å². The van der Waals surface area contributed by atoms with Crippen molar-refractivity contribution in [2.24, 2.45) is 0 Å². The normalized spacial score (nSPS) is 28.3. The van der Waals surface area contributed by atoms with Gasteiger partial charge in [-0.05, 0) is 19.3 Å². The van der Waals surface area contributed by atoms with E-state index in [-0.39, 0.29) is 6.10 Å². The second-order valence-corrected chi connectivity index (χ2v) is 2.38. The SMILES string of the molecule is Cl[CH]CC1CCCOO1. The van der Waals surface area contributed by atoms with Gasteiger partial charge in [-0.2, -0.15) is 0 Å². The molecule has 0 spiro atoms. The molecule has 1 rings (SSSR count). The second-order valence-electron chi connectivity index (χ2n) is 2.07. The first-order chi connectivity index (χ1) is 4.43. The van der Waals surface area contributed by atoms with E-state index in [2.05, 4.69) is 0 Å². The van der Waals surface area contributed by atoms with Crippen molar-refractivity contribution in [3.8, 4) is 0 Å². The minimum Gasteiger partial charge on any atom is -0.236 e. The summed E-state index contributed by atoms with van der Waals surface area (Å²) in [5, 5.41) is 0. The van der Waals surface area contributed by atoms with E-state index >= 15 is 0 Å². The molecule has 1 aliphatic rings. The third kappa shape index (κ3) is 2.52. The van der Waals surface area contributed by atoms with E-state index in [1.165, 1.54) is 0 Å². The summed E-state index contributed by atoms with van der Waals surface area (Å²) in [6.45, 7) is 0.721. The minimum absolute atomic E-state index is 0.191. The highest BCUT2D eigenvalue weighted by Gasteiger charge is 2.13. The van der Waals surface area contributed by atoms with Gasteiger partial charge in [0.05, 0.1) is 18.6 Å². The van der Waals surface area contributed by atoms with Crippen molar-refractivity contribution in [1.29, 1.82) is 0 Å². The molecule has 1 saturated heterocycles. The van der Waals surface area contributed by atoms with E-state index in [0.717, 1.165) is 25.9 Å². The summed E-state index contributed by atoms with van der Waals surface area (Å²) in [5.41, 5.74) is 0. The Kier molecular flexibility index (Phi) is 3.33. The zero-order valence-electron chi connectivity index (χ0n) is 5.18. The first-order valence-corrected chi connectivity index (χ1v) is 3.57. The van der Waals surface area contributed by atoms with Crippen molar-refractivity contribution >= 4 is 11.6 Å². The van der Waals surface area contributed by atoms with Crippen LogP contribution in [0.15, 0.2) is 0 Å². The summed E-state index contributed by atoms with van der Waals surface area (Å²) in [4.78, 5) is 9.66. The van der Waals surface area contributed by atoms with Crippen molar-refractivity contribution in [1.82, 2.24) is 0 Å². The van der Waals surface area contributed by atoms with Gasteiger partial charge in [-0.25, -0.2) is 9.78 Å². The Morgan fingerprint density at radius 3 is 3.11 bits per heavy atom. The van der Waals surface area contributed by atoms with Crippen molar-refractivity contribution in [2.45, 2.75) is 25.4 Å². The van der Waals surface area contributed by atoms with Crippen molar-refractivity contribution in [3.05, 3.63) is 5.88 Å². The number of hydrogen-bond acceptors (Lipinski definition) is 2. The van der Waals surface area contributed by atoms with Gasteiger partial charge in [0, 0.05) is 0 Å². The Hall–Kier alpha value is 0.210. The van der Waals surface area contributed by atoms with Crippen LogP contribution in [0.25, 0.3) is 0 Å². The predicted molar refractivity (Wildman–Crippen MR) is 34.8 cm³/mol. The fraction of sp³-hybridized carbons (Fsp3) is 0.833. The molecule has 3 heteroatoms. The molecule has 1 unspecified atom stereocenters. The van der Waals surface area contributed by atoms with Crippen molar-refractivity contribution in [3.63, 3.8) is 0 Å². The predicted octanol–water partition coefficient (Wildman–Crippen LogP) is 1.89. The number of halogens is 1. The van der Waals surface area contributed by atoms with Crippen LogP contribution < -0.4 is 0 Å². The molecule has 0 N–H and O–H groups in total. The summed E-state index contributed by atoms with van der Waals surface area (Å²) >= 11 is 5.37. The third-order valence-electron chi connectivity index (χ3n) is 1.31. The maximum atomic E-state index is 5.37. The Morgan fingerprint density at radius 2 is 2.56 bits per heavy atom. The fourth-order valence-electron chi connectivity index (χ4n) is 0.819. The number of hydrogen-bond donors (Lipinski definition) is 0. The third-order valence-corrected chi connectivity index (χ3v) is 1.49. The lowest BCUT2D eigenvalue weighted by Crippen LogP contribution is -2.19. The molecule has 0 saturated carbocycles. The Balaban J connectivity index is 2.08. The molecule has 0 aliphatic carbocycles. The molecule has 1 heterocycles. The van der Waals surface area contributed by atoms with E-state index in [4.69, 9.17) is 21.4 Å². The lowest BCUT2D eigenvalue weighted by molar-refractivity contribution is -0.343. The quantitative estimate of drug-likeness (QED) is 0.559. The maximum absolute atomic E-state index is 5.37. The molecular weight excluding hydrogens is 140 g/mol. The Bertz CT molecular complexity index is 68.7. The first-order valence-electron chi connectivity index (χ1n) is 3.13. The standard InChI is InChI=1S/C6H10ClO2/c7-4-3-6-2-1-5-8-9-6/h4,6H,1-3,5H2. The van der Waals surface area contributed by atoms with Gasteiger partial charge in [-0.3, -0.25) is 0 Å². The van der Waals surface area contributed by atoms with Crippen LogP contribution in [0.1, 0.15) is 19.3 Å². The summed E-state index contributed by atoms with van der Waals surface area (Å²) < 4.78 is 0. The van der Waals surface area contributed by atoms with Crippen LogP contribution in [-0.2, 0) is 9.78 Å². The van der Waals surface area contributed by atoms with Gasteiger partial charge in [-0.1, -0.05) is 0 Å². The van der Waals surface area contributed by atoms with Crippen LogP contribution >= 0.6 is 11.6 Å². The summed E-state index contributed by atoms with van der Waals surface area (Å²) in [7, 11) is 0. The molecule has 0 aromatic carbocycles. The zero-order valence-corrected chi connectivity index (χ0v) is 5.93. The van der Waals surface area contributed by atoms with E-state index in [0.29, 0.717) is 0 Å². The molecule has 1 atom stereocenters. The molecule has 0 amide bonds.